The summed E-state index contributed by atoms with van der Waals surface area (Å²) in [4.78, 5) is 12.1. The Morgan fingerprint density at radius 3 is 2.57 bits per heavy atom. The third kappa shape index (κ3) is 4.78. The van der Waals surface area contributed by atoms with Crippen LogP contribution in [0.5, 0.6) is 0 Å². The van der Waals surface area contributed by atoms with Gasteiger partial charge in [-0.25, -0.2) is 0 Å². The number of nitrogens with one attached hydrogen (secondary N) is 2. The van der Waals surface area contributed by atoms with Crippen molar-refractivity contribution in [1.29, 1.82) is 0 Å². The summed E-state index contributed by atoms with van der Waals surface area (Å²) in [5.74, 6) is -0.196. The Morgan fingerprint density at radius 1 is 1.19 bits per heavy atom. The molecule has 0 fully saturated rings. The number of aryl methyl sites for hydroxylation is 1. The zero-order chi connectivity index (χ0) is 15.2. The Balaban J connectivity index is 1.90. The van der Waals surface area contributed by atoms with Crippen LogP contribution in [0.2, 0.25) is 0 Å². The summed E-state index contributed by atoms with van der Waals surface area (Å²) in [6.07, 6.45) is 0. The van der Waals surface area contributed by atoms with Crippen LogP contribution >= 0.6 is 34.8 Å². The summed E-state index contributed by atoms with van der Waals surface area (Å²) in [6, 6.07) is 15.5. The number of rotatable bonds is 3. The first-order valence-corrected chi connectivity index (χ1v) is 7.94. The van der Waals surface area contributed by atoms with Crippen molar-refractivity contribution in [2.75, 3.05) is 0 Å². The molecule has 21 heavy (non-hydrogen) atoms. The molecule has 0 saturated carbocycles. The molecule has 0 radical (unpaired) electrons. The highest BCUT2D eigenvalue weighted by atomic mass is 127. The molecule has 2 N–H and O–H groups in total. The van der Waals surface area contributed by atoms with Crippen LogP contribution in [0.1, 0.15) is 21.5 Å². The predicted octanol–water partition coefficient (Wildman–Crippen LogP) is 3.40. The van der Waals surface area contributed by atoms with Gasteiger partial charge >= 0.3 is 0 Å². The van der Waals surface area contributed by atoms with E-state index in [0.29, 0.717) is 17.2 Å². The van der Waals surface area contributed by atoms with E-state index >= 15 is 0 Å². The first-order valence-electron chi connectivity index (χ1n) is 6.45. The molecule has 0 atom stereocenters. The number of hydrogen-bond donors (Lipinski definition) is 2. The lowest BCUT2D eigenvalue weighted by molar-refractivity contribution is 0.0976. The number of amides is 1. The van der Waals surface area contributed by atoms with E-state index in [1.807, 2.05) is 49.4 Å². The number of benzene rings is 2. The maximum Gasteiger partial charge on any atom is 0.257 e. The fraction of sp³-hybridized carbons (Fsp3) is 0.125. The van der Waals surface area contributed by atoms with E-state index in [1.54, 1.807) is 6.07 Å². The minimum atomic E-state index is -0.196. The molecule has 0 saturated heterocycles. The fourth-order valence-corrected chi connectivity index (χ4v) is 2.41. The van der Waals surface area contributed by atoms with E-state index in [1.165, 1.54) is 0 Å². The van der Waals surface area contributed by atoms with Crippen molar-refractivity contribution in [2.45, 2.75) is 13.5 Å². The molecule has 0 spiro atoms. The van der Waals surface area contributed by atoms with Crippen LogP contribution in [-0.2, 0) is 6.54 Å². The monoisotopic (exact) mass is 410 g/mol. The van der Waals surface area contributed by atoms with Gasteiger partial charge in [-0.05, 0) is 65.0 Å². The molecule has 0 aliphatic carbocycles. The molecule has 0 unspecified atom stereocenters. The summed E-state index contributed by atoms with van der Waals surface area (Å²) < 4.78 is 1.06. The Labute approximate surface area is 143 Å². The highest BCUT2D eigenvalue weighted by Crippen LogP contribution is 2.13. The lowest BCUT2D eigenvalue weighted by atomic mass is 10.1. The second kappa shape index (κ2) is 7.51. The molecule has 108 valence electrons. The van der Waals surface area contributed by atoms with Gasteiger partial charge in [0.2, 0.25) is 0 Å². The molecule has 0 aliphatic rings. The van der Waals surface area contributed by atoms with Crippen molar-refractivity contribution in [2.24, 2.45) is 0 Å². The SMILES string of the molecule is Cc1ccc(C(=O)NC(=S)NCc2ccccc2)cc1I. The minimum Gasteiger partial charge on any atom is -0.358 e. The summed E-state index contributed by atoms with van der Waals surface area (Å²) in [5.41, 5.74) is 2.87. The van der Waals surface area contributed by atoms with Gasteiger partial charge in [0, 0.05) is 15.7 Å². The number of carbonyl (C=O) groups excluding carboxylic acids is 1. The van der Waals surface area contributed by atoms with Crippen LogP contribution in [-0.4, -0.2) is 11.0 Å². The van der Waals surface area contributed by atoms with Crippen molar-refractivity contribution in [3.63, 3.8) is 0 Å². The smallest absolute Gasteiger partial charge is 0.257 e. The lowest BCUT2D eigenvalue weighted by Gasteiger charge is -2.10. The average Bonchev–Trinajstić information content (AvgIpc) is 2.49. The first-order chi connectivity index (χ1) is 10.1. The second-order valence-electron chi connectivity index (χ2n) is 4.59. The molecule has 1 amide bonds. The van der Waals surface area contributed by atoms with E-state index in [4.69, 9.17) is 12.2 Å². The van der Waals surface area contributed by atoms with Crippen molar-refractivity contribution in [3.8, 4) is 0 Å². The van der Waals surface area contributed by atoms with E-state index in [2.05, 4.69) is 33.2 Å². The summed E-state index contributed by atoms with van der Waals surface area (Å²) in [6.45, 7) is 2.60. The van der Waals surface area contributed by atoms with Crippen LogP contribution in [0, 0.1) is 10.5 Å². The molecule has 0 aromatic heterocycles. The molecular weight excluding hydrogens is 395 g/mol. The normalized spacial score (nSPS) is 10.0. The van der Waals surface area contributed by atoms with Gasteiger partial charge in [0.1, 0.15) is 0 Å². The summed E-state index contributed by atoms with van der Waals surface area (Å²) in [7, 11) is 0. The average molecular weight is 410 g/mol. The van der Waals surface area contributed by atoms with Crippen LogP contribution in [0.25, 0.3) is 0 Å². The van der Waals surface area contributed by atoms with Crippen molar-refractivity contribution in [1.82, 2.24) is 10.6 Å². The molecule has 3 nitrogen and oxygen atoms in total. The first kappa shape index (κ1) is 15.9. The van der Waals surface area contributed by atoms with Crippen LogP contribution in [0.4, 0.5) is 0 Å². The van der Waals surface area contributed by atoms with Gasteiger partial charge in [0.15, 0.2) is 5.11 Å². The third-order valence-corrected chi connectivity index (χ3v) is 4.37. The predicted molar refractivity (Wildman–Crippen MR) is 97.2 cm³/mol. The molecule has 0 heterocycles. The van der Waals surface area contributed by atoms with Gasteiger partial charge in [-0.15, -0.1) is 0 Å². The second-order valence-corrected chi connectivity index (χ2v) is 6.16. The number of carbonyl (C=O) groups is 1. The zero-order valence-corrected chi connectivity index (χ0v) is 14.5. The lowest BCUT2D eigenvalue weighted by Crippen LogP contribution is -2.38. The number of halogens is 1. The third-order valence-electron chi connectivity index (χ3n) is 2.96. The Kier molecular flexibility index (Phi) is 5.69. The van der Waals surface area contributed by atoms with Gasteiger partial charge in [-0.3, -0.25) is 10.1 Å². The van der Waals surface area contributed by atoms with E-state index in [-0.39, 0.29) is 5.91 Å². The van der Waals surface area contributed by atoms with Crippen LogP contribution in [0.3, 0.4) is 0 Å². The van der Waals surface area contributed by atoms with E-state index < -0.39 is 0 Å². The maximum atomic E-state index is 12.1. The van der Waals surface area contributed by atoms with Gasteiger partial charge in [0.05, 0.1) is 0 Å². The fourth-order valence-electron chi connectivity index (χ4n) is 1.73. The Morgan fingerprint density at radius 2 is 1.90 bits per heavy atom. The zero-order valence-electron chi connectivity index (χ0n) is 11.5. The quantitative estimate of drug-likeness (QED) is 0.602. The summed E-state index contributed by atoms with van der Waals surface area (Å²) >= 11 is 7.36. The van der Waals surface area contributed by atoms with Crippen LogP contribution in [0.15, 0.2) is 48.5 Å². The standard InChI is InChI=1S/C16H15IN2OS/c1-11-7-8-13(9-14(11)17)15(20)19-16(21)18-10-12-5-3-2-4-6-12/h2-9H,10H2,1H3,(H2,18,19,20,21). The Bertz CT molecular complexity index is 659. The Hall–Kier alpha value is -1.47. The molecule has 0 aliphatic heterocycles. The number of hydrogen-bond acceptors (Lipinski definition) is 2. The number of thiocarbonyl (C=S) groups is 1. The minimum absolute atomic E-state index is 0.196. The molecular formula is C16H15IN2OS. The topological polar surface area (TPSA) is 41.1 Å². The largest absolute Gasteiger partial charge is 0.358 e. The highest BCUT2D eigenvalue weighted by molar-refractivity contribution is 14.1. The van der Waals surface area contributed by atoms with Gasteiger partial charge < -0.3 is 5.32 Å². The van der Waals surface area contributed by atoms with E-state index in [9.17, 15) is 4.79 Å². The van der Waals surface area contributed by atoms with Gasteiger partial charge in [0.25, 0.3) is 5.91 Å². The molecule has 5 heteroatoms. The highest BCUT2D eigenvalue weighted by Gasteiger charge is 2.08. The molecule has 2 aromatic rings. The van der Waals surface area contributed by atoms with Crippen molar-refractivity contribution < 1.29 is 4.79 Å². The van der Waals surface area contributed by atoms with Gasteiger partial charge in [-0.1, -0.05) is 36.4 Å². The van der Waals surface area contributed by atoms with Crippen molar-refractivity contribution >= 4 is 45.8 Å². The van der Waals surface area contributed by atoms with Gasteiger partial charge in [-0.2, -0.15) is 0 Å². The summed E-state index contributed by atoms with van der Waals surface area (Å²) in [5, 5.41) is 6.05. The molecule has 0 bridgehead atoms. The van der Waals surface area contributed by atoms with E-state index in [0.717, 1.165) is 14.7 Å². The van der Waals surface area contributed by atoms with Crippen LogP contribution < -0.4 is 10.6 Å². The maximum absolute atomic E-state index is 12.1. The molecule has 2 rings (SSSR count). The molecule has 2 aromatic carbocycles. The van der Waals surface area contributed by atoms with Crippen molar-refractivity contribution in [3.05, 3.63) is 68.8 Å².